The number of nitrogens with zero attached hydrogens (tertiary/aromatic N) is 3. The highest BCUT2D eigenvalue weighted by Gasteiger charge is 2.24. The molecule has 8 heteroatoms. The quantitative estimate of drug-likeness (QED) is 0.441. The number of hydrogen-bond acceptors (Lipinski definition) is 6. The molecule has 23 heavy (non-hydrogen) atoms. The first kappa shape index (κ1) is 14.9. The third kappa shape index (κ3) is 2.84. The molecule has 0 bridgehead atoms. The molecular formula is C15H12N4O3S. The van der Waals surface area contributed by atoms with E-state index in [4.69, 9.17) is 16.6 Å². The second kappa shape index (κ2) is 6.01. The monoisotopic (exact) mass is 328 g/mol. The summed E-state index contributed by atoms with van der Waals surface area (Å²) in [6.45, 7) is 0. The Morgan fingerprint density at radius 1 is 1.26 bits per heavy atom. The van der Waals surface area contributed by atoms with Gasteiger partial charge < -0.3 is 14.3 Å². The van der Waals surface area contributed by atoms with Crippen LogP contribution in [-0.4, -0.2) is 14.5 Å². The number of hydrogen-bond donors (Lipinski definition) is 1. The Kier molecular flexibility index (Phi) is 3.90. The summed E-state index contributed by atoms with van der Waals surface area (Å²) in [4.78, 5) is 15.0. The van der Waals surface area contributed by atoms with E-state index in [0.29, 0.717) is 17.3 Å². The van der Waals surface area contributed by atoms with Gasteiger partial charge in [0.2, 0.25) is 4.64 Å². The molecule has 0 atom stereocenters. The van der Waals surface area contributed by atoms with Crippen LogP contribution in [0.3, 0.4) is 0 Å². The first-order valence-corrected chi connectivity index (χ1v) is 7.10. The largest absolute Gasteiger partial charge is 0.461 e. The second-order valence-corrected chi connectivity index (χ2v) is 5.11. The summed E-state index contributed by atoms with van der Waals surface area (Å²) < 4.78 is 6.79. The number of benzene rings is 1. The molecule has 0 aliphatic heterocycles. The van der Waals surface area contributed by atoms with Crippen molar-refractivity contribution in [2.75, 3.05) is 5.32 Å². The van der Waals surface area contributed by atoms with Gasteiger partial charge in [-0.25, -0.2) is 4.98 Å². The molecule has 3 rings (SSSR count). The third-order valence-electron chi connectivity index (χ3n) is 3.25. The number of rotatable bonds is 4. The zero-order valence-corrected chi connectivity index (χ0v) is 12.9. The zero-order chi connectivity index (χ0) is 16.4. The lowest BCUT2D eigenvalue weighted by Crippen LogP contribution is -2.10. The Balaban J connectivity index is 2.22. The summed E-state index contributed by atoms with van der Waals surface area (Å²) in [7, 11) is 1.66. The van der Waals surface area contributed by atoms with Crippen LogP contribution in [0.5, 0.6) is 0 Å². The number of para-hydroxylation sites is 1. The van der Waals surface area contributed by atoms with Crippen LogP contribution >= 0.6 is 12.2 Å². The lowest BCUT2D eigenvalue weighted by atomic mass is 10.3. The molecule has 0 spiro atoms. The molecular weight excluding hydrogens is 316 g/mol. The molecule has 1 aromatic carbocycles. The van der Waals surface area contributed by atoms with Crippen molar-refractivity contribution in [3.8, 4) is 11.6 Å². The SMILES string of the molecule is Cn1c(-c2ccco2)nc(=S)c([N+](=O)[O-])c1Nc1ccccc1. The molecule has 0 amide bonds. The fourth-order valence-corrected chi connectivity index (χ4v) is 2.44. The fourth-order valence-electron chi connectivity index (χ4n) is 2.18. The number of furan rings is 1. The highest BCUT2D eigenvalue weighted by Crippen LogP contribution is 2.31. The van der Waals surface area contributed by atoms with Crippen LogP contribution in [0.25, 0.3) is 11.6 Å². The predicted octanol–water partition coefficient (Wildman–Crippen LogP) is 4.06. The summed E-state index contributed by atoms with van der Waals surface area (Å²) in [5.41, 5.74) is 0.457. The second-order valence-electron chi connectivity index (χ2n) is 4.72. The summed E-state index contributed by atoms with van der Waals surface area (Å²) in [6.07, 6.45) is 1.51. The van der Waals surface area contributed by atoms with Crippen molar-refractivity contribution in [3.63, 3.8) is 0 Å². The number of aromatic nitrogens is 2. The first-order valence-electron chi connectivity index (χ1n) is 6.69. The van der Waals surface area contributed by atoms with E-state index in [1.54, 1.807) is 35.9 Å². The Morgan fingerprint density at radius 3 is 2.61 bits per heavy atom. The molecule has 0 unspecified atom stereocenters. The van der Waals surface area contributed by atoms with Crippen LogP contribution in [0.4, 0.5) is 17.2 Å². The van der Waals surface area contributed by atoms with E-state index in [0.717, 1.165) is 0 Å². The Bertz CT molecular complexity index is 904. The maximum atomic E-state index is 11.4. The van der Waals surface area contributed by atoms with Gasteiger partial charge >= 0.3 is 5.69 Å². The van der Waals surface area contributed by atoms with Gasteiger partial charge in [-0.05, 0) is 24.3 Å². The minimum atomic E-state index is -0.535. The summed E-state index contributed by atoms with van der Waals surface area (Å²) in [5, 5.41) is 14.4. The van der Waals surface area contributed by atoms with Gasteiger partial charge in [0.1, 0.15) is 0 Å². The number of anilines is 2. The lowest BCUT2D eigenvalue weighted by Gasteiger charge is -2.14. The number of nitrogens with one attached hydrogen (secondary N) is 1. The summed E-state index contributed by atoms with van der Waals surface area (Å²) >= 11 is 5.11. The standard InChI is InChI=1S/C15H12N4O3S/c1-18-13(11-8-5-9-22-11)17-15(23)12(19(20)21)14(18)16-10-6-3-2-4-7-10/h2-9,16H,1H3. The van der Waals surface area contributed by atoms with Crippen molar-refractivity contribution in [2.24, 2.45) is 7.05 Å². The van der Waals surface area contributed by atoms with Crippen molar-refractivity contribution < 1.29 is 9.34 Å². The van der Waals surface area contributed by atoms with Crippen LogP contribution in [0, 0.1) is 14.8 Å². The molecule has 0 fully saturated rings. The van der Waals surface area contributed by atoms with Crippen molar-refractivity contribution in [1.29, 1.82) is 0 Å². The fraction of sp³-hybridized carbons (Fsp3) is 0.0667. The molecule has 2 heterocycles. The first-order chi connectivity index (χ1) is 11.1. The van der Waals surface area contributed by atoms with Crippen molar-refractivity contribution in [3.05, 3.63) is 63.5 Å². The molecule has 3 aromatic rings. The van der Waals surface area contributed by atoms with E-state index in [1.165, 1.54) is 6.26 Å². The van der Waals surface area contributed by atoms with Gasteiger partial charge in [-0.15, -0.1) is 0 Å². The van der Waals surface area contributed by atoms with E-state index >= 15 is 0 Å². The van der Waals surface area contributed by atoms with Gasteiger partial charge in [0, 0.05) is 12.7 Å². The Hall–Kier alpha value is -3.00. The van der Waals surface area contributed by atoms with Crippen molar-refractivity contribution in [1.82, 2.24) is 9.55 Å². The normalized spacial score (nSPS) is 10.5. The highest BCUT2D eigenvalue weighted by atomic mass is 32.1. The molecule has 0 saturated heterocycles. The van der Waals surface area contributed by atoms with Crippen LogP contribution < -0.4 is 5.32 Å². The number of nitro groups is 1. The van der Waals surface area contributed by atoms with Gasteiger partial charge in [-0.2, -0.15) is 0 Å². The van der Waals surface area contributed by atoms with Crippen molar-refractivity contribution >= 4 is 29.4 Å². The van der Waals surface area contributed by atoms with E-state index in [2.05, 4.69) is 10.3 Å². The average Bonchev–Trinajstić information content (AvgIpc) is 3.05. The molecule has 0 saturated carbocycles. The van der Waals surface area contributed by atoms with E-state index in [1.807, 2.05) is 18.2 Å². The molecule has 7 nitrogen and oxygen atoms in total. The molecule has 116 valence electrons. The zero-order valence-electron chi connectivity index (χ0n) is 12.1. The topological polar surface area (TPSA) is 86.1 Å². The average molecular weight is 328 g/mol. The minimum Gasteiger partial charge on any atom is -0.461 e. The van der Waals surface area contributed by atoms with Crippen LogP contribution in [-0.2, 0) is 7.05 Å². The van der Waals surface area contributed by atoms with E-state index < -0.39 is 4.92 Å². The van der Waals surface area contributed by atoms with Crippen LogP contribution in [0.2, 0.25) is 0 Å². The van der Waals surface area contributed by atoms with Crippen molar-refractivity contribution in [2.45, 2.75) is 0 Å². The van der Waals surface area contributed by atoms with Gasteiger partial charge in [0.05, 0.1) is 11.2 Å². The Labute approximate surface area is 136 Å². The van der Waals surface area contributed by atoms with Gasteiger partial charge in [0.25, 0.3) is 0 Å². The molecule has 0 radical (unpaired) electrons. The maximum Gasteiger partial charge on any atom is 0.346 e. The molecule has 2 aromatic heterocycles. The van der Waals surface area contributed by atoms with Gasteiger partial charge in [-0.1, -0.05) is 30.4 Å². The molecule has 0 aliphatic carbocycles. The van der Waals surface area contributed by atoms with E-state index in [-0.39, 0.29) is 16.1 Å². The minimum absolute atomic E-state index is 0.0991. The maximum absolute atomic E-state index is 11.4. The summed E-state index contributed by atoms with van der Waals surface area (Å²) in [5.74, 6) is 1.13. The van der Waals surface area contributed by atoms with Crippen LogP contribution in [0.15, 0.2) is 53.1 Å². The van der Waals surface area contributed by atoms with E-state index in [9.17, 15) is 10.1 Å². The summed E-state index contributed by atoms with van der Waals surface area (Å²) in [6, 6.07) is 12.6. The van der Waals surface area contributed by atoms with Gasteiger partial charge in [0.15, 0.2) is 17.4 Å². The van der Waals surface area contributed by atoms with Gasteiger partial charge in [-0.3, -0.25) is 10.1 Å². The predicted molar refractivity (Wildman–Crippen MR) is 88.1 cm³/mol. The van der Waals surface area contributed by atoms with Crippen LogP contribution in [0.1, 0.15) is 0 Å². The lowest BCUT2D eigenvalue weighted by molar-refractivity contribution is -0.385. The molecule has 0 aliphatic rings. The highest BCUT2D eigenvalue weighted by molar-refractivity contribution is 7.71. The molecule has 1 N–H and O–H groups in total. The smallest absolute Gasteiger partial charge is 0.346 e. The Morgan fingerprint density at radius 2 is 2.00 bits per heavy atom. The third-order valence-corrected chi connectivity index (χ3v) is 3.53.